The Balaban J connectivity index is 1.86. The topological polar surface area (TPSA) is 21.3 Å². The largest absolute Gasteiger partial charge is 0.490 e. The lowest BCUT2D eigenvalue weighted by atomic mass is 10.0. The fourth-order valence-corrected chi connectivity index (χ4v) is 2.64. The second-order valence-electron chi connectivity index (χ2n) is 5.53. The lowest BCUT2D eigenvalue weighted by molar-refractivity contribution is 0.206. The molecule has 2 unspecified atom stereocenters. The molecular weight excluding hydrogens is 222 g/mol. The average molecular weight is 247 g/mol. The minimum Gasteiger partial charge on any atom is -0.490 e. The standard InChI is InChI=1S/C16H25NO/c1-4-17-14-7-10-16(11-14)18-15-8-5-13(6-9-15)12(2)3/h5-6,8-9,12,14,16-17H,4,7,10-11H2,1-3H3. The van der Waals surface area contributed by atoms with Gasteiger partial charge >= 0.3 is 0 Å². The lowest BCUT2D eigenvalue weighted by Crippen LogP contribution is -2.27. The average Bonchev–Trinajstić information content (AvgIpc) is 2.78. The summed E-state index contributed by atoms with van der Waals surface area (Å²) >= 11 is 0. The molecule has 2 nitrogen and oxygen atoms in total. The molecule has 0 radical (unpaired) electrons. The molecule has 1 aliphatic rings. The zero-order valence-electron chi connectivity index (χ0n) is 11.8. The van der Waals surface area contributed by atoms with E-state index in [0.717, 1.165) is 18.7 Å². The summed E-state index contributed by atoms with van der Waals surface area (Å²) in [4.78, 5) is 0. The van der Waals surface area contributed by atoms with Crippen molar-refractivity contribution in [2.45, 2.75) is 58.1 Å². The minimum atomic E-state index is 0.388. The molecule has 2 rings (SSSR count). The quantitative estimate of drug-likeness (QED) is 0.856. The fourth-order valence-electron chi connectivity index (χ4n) is 2.64. The molecule has 2 atom stereocenters. The Kier molecular flexibility index (Phi) is 4.65. The van der Waals surface area contributed by atoms with Gasteiger partial charge in [0.1, 0.15) is 11.9 Å². The normalized spacial score (nSPS) is 23.6. The van der Waals surface area contributed by atoms with E-state index in [1.54, 1.807) is 0 Å². The molecule has 0 bridgehead atoms. The van der Waals surface area contributed by atoms with E-state index in [0.29, 0.717) is 18.1 Å². The van der Waals surface area contributed by atoms with Gasteiger partial charge in [0.05, 0.1) is 0 Å². The molecule has 2 heteroatoms. The zero-order chi connectivity index (χ0) is 13.0. The second-order valence-corrected chi connectivity index (χ2v) is 5.53. The molecule has 0 aromatic heterocycles. The predicted molar refractivity (Wildman–Crippen MR) is 76.3 cm³/mol. The smallest absolute Gasteiger partial charge is 0.119 e. The summed E-state index contributed by atoms with van der Waals surface area (Å²) in [6.07, 6.45) is 3.94. The summed E-state index contributed by atoms with van der Waals surface area (Å²) in [5.41, 5.74) is 1.37. The fraction of sp³-hybridized carbons (Fsp3) is 0.625. The molecule has 1 saturated carbocycles. The zero-order valence-corrected chi connectivity index (χ0v) is 11.8. The van der Waals surface area contributed by atoms with Crippen LogP contribution in [0.4, 0.5) is 0 Å². The number of hydrogen-bond acceptors (Lipinski definition) is 2. The summed E-state index contributed by atoms with van der Waals surface area (Å²) in [6.45, 7) is 7.65. The van der Waals surface area contributed by atoms with Crippen LogP contribution >= 0.6 is 0 Å². The van der Waals surface area contributed by atoms with Gasteiger partial charge in [0.25, 0.3) is 0 Å². The van der Waals surface area contributed by atoms with Crippen molar-refractivity contribution in [3.8, 4) is 5.75 Å². The van der Waals surface area contributed by atoms with Crippen LogP contribution < -0.4 is 10.1 Å². The van der Waals surface area contributed by atoms with Crippen LogP contribution in [0.25, 0.3) is 0 Å². The Labute approximate surface area is 111 Å². The van der Waals surface area contributed by atoms with Crippen molar-refractivity contribution < 1.29 is 4.74 Å². The lowest BCUT2D eigenvalue weighted by Gasteiger charge is -2.15. The molecule has 18 heavy (non-hydrogen) atoms. The first-order valence-electron chi connectivity index (χ1n) is 7.19. The second kappa shape index (κ2) is 6.24. The summed E-state index contributed by atoms with van der Waals surface area (Å²) in [5, 5.41) is 3.50. The highest BCUT2D eigenvalue weighted by molar-refractivity contribution is 5.29. The van der Waals surface area contributed by atoms with E-state index >= 15 is 0 Å². The molecule has 1 aromatic carbocycles. The first-order chi connectivity index (χ1) is 8.69. The molecule has 0 amide bonds. The molecule has 0 spiro atoms. The van der Waals surface area contributed by atoms with Crippen molar-refractivity contribution in [3.63, 3.8) is 0 Å². The number of benzene rings is 1. The van der Waals surface area contributed by atoms with Gasteiger partial charge in [-0.1, -0.05) is 32.9 Å². The third-order valence-electron chi connectivity index (χ3n) is 3.73. The molecule has 1 aliphatic carbocycles. The van der Waals surface area contributed by atoms with Crippen LogP contribution in [0, 0.1) is 0 Å². The SMILES string of the molecule is CCNC1CCC(Oc2ccc(C(C)C)cc2)C1. The third-order valence-corrected chi connectivity index (χ3v) is 3.73. The van der Waals surface area contributed by atoms with E-state index < -0.39 is 0 Å². The highest BCUT2D eigenvalue weighted by Crippen LogP contribution is 2.26. The van der Waals surface area contributed by atoms with Crippen molar-refractivity contribution in [2.24, 2.45) is 0 Å². The van der Waals surface area contributed by atoms with Gasteiger partial charge in [-0.25, -0.2) is 0 Å². The van der Waals surface area contributed by atoms with E-state index in [1.165, 1.54) is 18.4 Å². The van der Waals surface area contributed by atoms with E-state index in [2.05, 4.69) is 50.4 Å². The van der Waals surface area contributed by atoms with Crippen LogP contribution in [0.15, 0.2) is 24.3 Å². The van der Waals surface area contributed by atoms with E-state index in [1.807, 2.05) is 0 Å². The molecule has 0 aliphatic heterocycles. The predicted octanol–water partition coefficient (Wildman–Crippen LogP) is 3.72. The van der Waals surface area contributed by atoms with E-state index in [9.17, 15) is 0 Å². The summed E-state index contributed by atoms with van der Waals surface area (Å²) in [7, 11) is 0. The van der Waals surface area contributed by atoms with Crippen LogP contribution in [0.5, 0.6) is 5.75 Å². The molecule has 1 fully saturated rings. The van der Waals surface area contributed by atoms with Crippen molar-refractivity contribution >= 4 is 0 Å². The molecule has 0 heterocycles. The number of hydrogen-bond donors (Lipinski definition) is 1. The summed E-state index contributed by atoms with van der Waals surface area (Å²) < 4.78 is 6.05. The maximum Gasteiger partial charge on any atom is 0.119 e. The molecular formula is C16H25NO. The highest BCUT2D eigenvalue weighted by Gasteiger charge is 2.25. The van der Waals surface area contributed by atoms with Crippen LogP contribution in [0.2, 0.25) is 0 Å². The van der Waals surface area contributed by atoms with Crippen LogP contribution in [-0.2, 0) is 0 Å². The van der Waals surface area contributed by atoms with Crippen LogP contribution in [0.1, 0.15) is 51.5 Å². The summed E-state index contributed by atoms with van der Waals surface area (Å²) in [6, 6.07) is 9.22. The van der Waals surface area contributed by atoms with Gasteiger partial charge < -0.3 is 10.1 Å². The van der Waals surface area contributed by atoms with Gasteiger partial charge in [0.2, 0.25) is 0 Å². The maximum atomic E-state index is 6.05. The van der Waals surface area contributed by atoms with Crippen molar-refractivity contribution in [1.82, 2.24) is 5.32 Å². The number of nitrogens with one attached hydrogen (secondary N) is 1. The number of ether oxygens (including phenoxy) is 1. The minimum absolute atomic E-state index is 0.388. The van der Waals surface area contributed by atoms with Gasteiger partial charge in [0, 0.05) is 6.04 Å². The van der Waals surface area contributed by atoms with Gasteiger partial charge in [0.15, 0.2) is 0 Å². The Morgan fingerprint density at radius 3 is 2.56 bits per heavy atom. The van der Waals surface area contributed by atoms with Crippen LogP contribution in [-0.4, -0.2) is 18.7 Å². The molecule has 1 N–H and O–H groups in total. The first-order valence-corrected chi connectivity index (χ1v) is 7.19. The van der Waals surface area contributed by atoms with E-state index in [4.69, 9.17) is 4.74 Å². The Morgan fingerprint density at radius 2 is 1.94 bits per heavy atom. The summed E-state index contributed by atoms with van der Waals surface area (Å²) in [5.74, 6) is 1.60. The molecule has 0 saturated heterocycles. The van der Waals surface area contributed by atoms with Crippen LogP contribution in [0.3, 0.4) is 0 Å². The van der Waals surface area contributed by atoms with Crippen molar-refractivity contribution in [2.75, 3.05) is 6.54 Å². The monoisotopic (exact) mass is 247 g/mol. The Hall–Kier alpha value is -1.02. The first kappa shape index (κ1) is 13.4. The van der Waals surface area contributed by atoms with Gasteiger partial charge in [-0.3, -0.25) is 0 Å². The van der Waals surface area contributed by atoms with Gasteiger partial charge in [-0.05, 0) is 49.4 Å². The van der Waals surface area contributed by atoms with Crippen molar-refractivity contribution in [3.05, 3.63) is 29.8 Å². The van der Waals surface area contributed by atoms with Crippen molar-refractivity contribution in [1.29, 1.82) is 0 Å². The number of rotatable bonds is 5. The van der Waals surface area contributed by atoms with Gasteiger partial charge in [-0.15, -0.1) is 0 Å². The Bertz CT molecular complexity index is 358. The third kappa shape index (κ3) is 3.49. The van der Waals surface area contributed by atoms with Gasteiger partial charge in [-0.2, -0.15) is 0 Å². The highest BCUT2D eigenvalue weighted by atomic mass is 16.5. The maximum absolute atomic E-state index is 6.05. The molecule has 1 aromatic rings. The van der Waals surface area contributed by atoms with E-state index in [-0.39, 0.29) is 0 Å². The Morgan fingerprint density at radius 1 is 1.22 bits per heavy atom. The molecule has 100 valence electrons.